The molecule has 2 aliphatic rings. The molecule has 4 rings (SSSR count). The number of amidine groups is 1. The number of methoxy groups -OCH3 is 1. The van der Waals surface area contributed by atoms with Gasteiger partial charge >= 0.3 is 12.1 Å². The lowest BCUT2D eigenvalue weighted by molar-refractivity contribution is -0.142. The van der Waals surface area contributed by atoms with Crippen LogP contribution in [0.15, 0.2) is 46.9 Å². The Labute approximate surface area is 212 Å². The minimum absolute atomic E-state index is 0.0764. The van der Waals surface area contributed by atoms with Gasteiger partial charge in [0.25, 0.3) is 5.92 Å². The molecule has 0 amide bonds. The number of carbonyl (C=O) groups is 2. The Balaban J connectivity index is 1.86. The number of nitrogens with one attached hydrogen (secondary N) is 1. The van der Waals surface area contributed by atoms with Crippen LogP contribution in [0, 0.1) is 5.82 Å². The molecule has 0 saturated carbocycles. The molecular weight excluding hydrogens is 525 g/mol. The van der Waals surface area contributed by atoms with Gasteiger partial charge in [-0.2, -0.15) is 0 Å². The van der Waals surface area contributed by atoms with Crippen molar-refractivity contribution < 1.29 is 37.3 Å². The van der Waals surface area contributed by atoms with E-state index in [9.17, 15) is 27.9 Å². The van der Waals surface area contributed by atoms with E-state index in [1.807, 2.05) is 0 Å². The van der Waals surface area contributed by atoms with E-state index < -0.39 is 48.4 Å². The molecular formula is C22H20ClF3N4O5S. The molecule has 0 unspecified atom stereocenters. The number of aliphatic carboxylic acids is 1. The van der Waals surface area contributed by atoms with Gasteiger partial charge in [-0.3, -0.25) is 9.69 Å². The van der Waals surface area contributed by atoms with Crippen molar-refractivity contribution in [2.45, 2.75) is 30.8 Å². The normalized spacial score (nSPS) is 23.7. The van der Waals surface area contributed by atoms with Crippen LogP contribution in [0.2, 0.25) is 4.34 Å². The predicted octanol–water partition coefficient (Wildman–Crippen LogP) is 3.99. The minimum atomic E-state index is -3.23. The fourth-order valence-electron chi connectivity index (χ4n) is 4.12. The van der Waals surface area contributed by atoms with Crippen molar-refractivity contribution in [1.29, 1.82) is 0 Å². The Morgan fingerprint density at radius 3 is 2.61 bits per heavy atom. The van der Waals surface area contributed by atoms with Crippen LogP contribution in [0.3, 0.4) is 0 Å². The quantitative estimate of drug-likeness (QED) is 0.525. The van der Waals surface area contributed by atoms with Gasteiger partial charge in [0.1, 0.15) is 21.7 Å². The van der Waals surface area contributed by atoms with Gasteiger partial charge in [0.15, 0.2) is 16.6 Å². The van der Waals surface area contributed by atoms with Gasteiger partial charge in [-0.15, -0.1) is 0 Å². The van der Waals surface area contributed by atoms with E-state index in [1.54, 1.807) is 6.92 Å². The van der Waals surface area contributed by atoms with Gasteiger partial charge in [0.05, 0.1) is 25.5 Å². The number of likely N-dealkylation sites (tertiary alicyclic amines) is 1. The van der Waals surface area contributed by atoms with Crippen LogP contribution < -0.4 is 5.32 Å². The smallest absolute Gasteiger partial charge is 0.480 e. The number of carboxylic acid groups (broad SMARTS) is 1. The van der Waals surface area contributed by atoms with E-state index in [1.165, 1.54) is 30.5 Å². The lowest BCUT2D eigenvalue weighted by atomic mass is 9.88. The second-order valence-corrected chi connectivity index (χ2v) is 9.98. The fourth-order valence-corrected chi connectivity index (χ4v) is 4.98. The number of aliphatic imine (C=N–C) groups is 1. The van der Waals surface area contributed by atoms with Crippen LogP contribution in [-0.2, 0) is 19.8 Å². The molecule has 9 nitrogen and oxygen atoms in total. The van der Waals surface area contributed by atoms with Gasteiger partial charge in [-0.25, -0.2) is 27.9 Å². The van der Waals surface area contributed by atoms with Gasteiger partial charge in [-0.05, 0) is 24.6 Å². The lowest BCUT2D eigenvalue weighted by Gasteiger charge is -2.36. The highest BCUT2D eigenvalue weighted by molar-refractivity contribution is 7.17. The molecule has 0 spiro atoms. The number of thiazole rings is 1. The standard InChI is InChI=1S/C22H20ClF3N4O5S/c1-21(11-3-5-12(24)6-4-11)16(35-20(33)34-2)13(28-17(29-21)18-27-8-15(23)36-18)9-30-10-22(25,26)7-14(30)19(31)32/h3-6,8,14H,7,9-10H2,1-2H3,(H,28,29)(H,31,32)/t14-,21-/m0/s1. The van der Waals surface area contributed by atoms with Crippen molar-refractivity contribution in [2.24, 2.45) is 4.99 Å². The number of carbonyl (C=O) groups excluding carboxylic acids is 1. The molecule has 2 aliphatic heterocycles. The maximum absolute atomic E-state index is 14.2. The number of halogens is 4. The monoisotopic (exact) mass is 544 g/mol. The van der Waals surface area contributed by atoms with E-state index in [0.29, 0.717) is 14.9 Å². The number of hydrogen-bond acceptors (Lipinski definition) is 9. The maximum atomic E-state index is 14.2. The first-order chi connectivity index (χ1) is 16.9. The first kappa shape index (κ1) is 25.9. The Morgan fingerprint density at radius 1 is 1.33 bits per heavy atom. The molecule has 0 bridgehead atoms. The number of hydrogen-bond donors (Lipinski definition) is 2. The molecule has 2 atom stereocenters. The van der Waals surface area contributed by atoms with Crippen LogP contribution in [0.25, 0.3) is 0 Å². The van der Waals surface area contributed by atoms with E-state index in [0.717, 1.165) is 23.3 Å². The van der Waals surface area contributed by atoms with E-state index in [2.05, 4.69) is 20.0 Å². The van der Waals surface area contributed by atoms with Crippen molar-refractivity contribution >= 4 is 40.9 Å². The van der Waals surface area contributed by atoms with Crippen LogP contribution in [0.5, 0.6) is 0 Å². The summed E-state index contributed by atoms with van der Waals surface area (Å²) in [5.74, 6) is -5.13. The summed E-state index contributed by atoms with van der Waals surface area (Å²) >= 11 is 7.12. The zero-order chi connectivity index (χ0) is 26.3. The molecule has 2 aromatic rings. The number of alkyl halides is 2. The largest absolute Gasteiger partial charge is 0.513 e. The molecule has 1 fully saturated rings. The predicted molar refractivity (Wildman–Crippen MR) is 124 cm³/mol. The summed E-state index contributed by atoms with van der Waals surface area (Å²) in [7, 11) is 1.09. The summed E-state index contributed by atoms with van der Waals surface area (Å²) in [6, 6.07) is 3.75. The van der Waals surface area contributed by atoms with Gasteiger partial charge in [0.2, 0.25) is 0 Å². The molecule has 36 heavy (non-hydrogen) atoms. The Bertz CT molecular complexity index is 1250. The average molecular weight is 545 g/mol. The van der Waals surface area contributed by atoms with Gasteiger partial charge in [-0.1, -0.05) is 35.1 Å². The topological polar surface area (TPSA) is 113 Å². The third-order valence-corrected chi connectivity index (χ3v) is 6.89. The lowest BCUT2D eigenvalue weighted by Crippen LogP contribution is -2.46. The van der Waals surface area contributed by atoms with Crippen LogP contribution >= 0.6 is 22.9 Å². The third-order valence-electron chi connectivity index (χ3n) is 5.77. The number of aromatic nitrogens is 1. The third kappa shape index (κ3) is 5.18. The zero-order valence-corrected chi connectivity index (χ0v) is 20.5. The molecule has 2 N–H and O–H groups in total. The van der Waals surface area contributed by atoms with Crippen molar-refractivity contribution in [2.75, 3.05) is 20.2 Å². The van der Waals surface area contributed by atoms with Crippen molar-refractivity contribution in [1.82, 2.24) is 15.2 Å². The number of carboxylic acids is 1. The van der Waals surface area contributed by atoms with Crippen molar-refractivity contribution in [3.8, 4) is 0 Å². The average Bonchev–Trinajstić information content (AvgIpc) is 3.38. The summed E-state index contributed by atoms with van der Waals surface area (Å²) in [6.07, 6.45) is -0.594. The first-order valence-corrected chi connectivity index (χ1v) is 11.7. The van der Waals surface area contributed by atoms with Crippen molar-refractivity contribution in [3.05, 3.63) is 62.6 Å². The summed E-state index contributed by atoms with van der Waals surface area (Å²) in [5, 5.41) is 12.8. The highest BCUT2D eigenvalue weighted by Crippen LogP contribution is 2.41. The second kappa shape index (κ2) is 9.71. The summed E-state index contributed by atoms with van der Waals surface area (Å²) < 4.78 is 52.5. The second-order valence-electron chi connectivity index (χ2n) is 8.32. The molecule has 3 heterocycles. The molecule has 0 aliphatic carbocycles. The Kier molecular flexibility index (Phi) is 6.99. The van der Waals surface area contributed by atoms with Crippen LogP contribution in [0.4, 0.5) is 18.0 Å². The fraction of sp³-hybridized carbons (Fsp3) is 0.364. The summed E-state index contributed by atoms with van der Waals surface area (Å²) in [6.45, 7) is 0.374. The molecule has 192 valence electrons. The Hall–Kier alpha value is -3.16. The van der Waals surface area contributed by atoms with Crippen molar-refractivity contribution in [3.63, 3.8) is 0 Å². The highest BCUT2D eigenvalue weighted by atomic mass is 35.5. The maximum Gasteiger partial charge on any atom is 0.513 e. The molecule has 1 aromatic heterocycles. The summed E-state index contributed by atoms with van der Waals surface area (Å²) in [4.78, 5) is 33.8. The molecule has 0 radical (unpaired) electrons. The van der Waals surface area contributed by atoms with E-state index in [-0.39, 0.29) is 23.8 Å². The van der Waals surface area contributed by atoms with Crippen LogP contribution in [0.1, 0.15) is 23.9 Å². The first-order valence-electron chi connectivity index (χ1n) is 10.5. The number of rotatable bonds is 6. The van der Waals surface area contributed by atoms with Crippen LogP contribution in [-0.4, -0.2) is 65.1 Å². The van der Waals surface area contributed by atoms with Gasteiger partial charge < -0.3 is 19.9 Å². The highest BCUT2D eigenvalue weighted by Gasteiger charge is 2.50. The SMILES string of the molecule is COC(=O)OC1=C(CN2CC(F)(F)C[C@H]2C(=O)O)NC(c2ncc(Cl)s2)=N[C@@]1(C)c1ccc(F)cc1. The van der Waals surface area contributed by atoms with Gasteiger partial charge in [0, 0.05) is 13.0 Å². The number of benzene rings is 1. The minimum Gasteiger partial charge on any atom is -0.480 e. The molecule has 1 saturated heterocycles. The van der Waals surface area contributed by atoms with E-state index >= 15 is 0 Å². The van der Waals surface area contributed by atoms with E-state index in [4.69, 9.17) is 16.3 Å². The summed E-state index contributed by atoms with van der Waals surface area (Å²) in [5.41, 5.74) is -1.02. The molecule has 1 aromatic carbocycles. The number of ether oxygens (including phenoxy) is 2. The Morgan fingerprint density at radius 2 is 2.03 bits per heavy atom. The zero-order valence-electron chi connectivity index (χ0n) is 18.9. The molecule has 14 heteroatoms. The number of nitrogens with zero attached hydrogens (tertiary/aromatic N) is 3.